The van der Waals surface area contributed by atoms with Crippen LogP contribution in [0.15, 0.2) is 41.8 Å². The minimum Gasteiger partial charge on any atom is -0.357 e. The molecule has 6 heteroatoms. The topological polar surface area (TPSA) is 56.4 Å². The van der Waals surface area contributed by atoms with Crippen LogP contribution >= 0.6 is 11.3 Å². The van der Waals surface area contributed by atoms with Crippen molar-refractivity contribution in [2.75, 3.05) is 6.54 Å². The number of nitrogens with zero attached hydrogens (tertiary/aromatic N) is 2. The van der Waals surface area contributed by atoms with Crippen LogP contribution in [-0.2, 0) is 22.6 Å². The van der Waals surface area contributed by atoms with Crippen molar-refractivity contribution in [3.05, 3.63) is 57.9 Å². The number of hydrogen-bond acceptors (Lipinski definition) is 3. The monoisotopic (exact) mass is 393 g/mol. The molecule has 5 rings (SSSR count). The minimum atomic E-state index is -0.485. The van der Waals surface area contributed by atoms with Gasteiger partial charge >= 0.3 is 0 Å². The van der Waals surface area contributed by atoms with Crippen LogP contribution in [0.5, 0.6) is 0 Å². The predicted octanol–water partition coefficient (Wildman–Crippen LogP) is 3.87. The van der Waals surface area contributed by atoms with E-state index in [9.17, 15) is 9.59 Å². The normalized spacial score (nSPS) is 21.9. The van der Waals surface area contributed by atoms with Crippen molar-refractivity contribution in [2.24, 2.45) is 0 Å². The third-order valence-corrected chi connectivity index (χ3v) is 6.89. The molecule has 1 N–H and O–H groups in total. The molecule has 0 bridgehead atoms. The average Bonchev–Trinajstić information content (AvgIpc) is 3.36. The summed E-state index contributed by atoms with van der Waals surface area (Å²) in [5.41, 5.74) is 3.32. The number of aromatic nitrogens is 1. The first-order valence-electron chi connectivity index (χ1n) is 9.92. The summed E-state index contributed by atoms with van der Waals surface area (Å²) in [5.74, 6) is 0.134. The van der Waals surface area contributed by atoms with E-state index in [2.05, 4.69) is 24.0 Å². The third-order valence-electron chi connectivity index (χ3n) is 5.97. The Labute approximate surface area is 168 Å². The molecule has 0 saturated carbocycles. The van der Waals surface area contributed by atoms with Crippen LogP contribution in [-0.4, -0.2) is 39.2 Å². The van der Waals surface area contributed by atoms with Crippen LogP contribution in [0.4, 0.5) is 0 Å². The number of hydrogen-bond donors (Lipinski definition) is 1. The molecule has 28 heavy (non-hydrogen) atoms. The standard InChI is InChI=1S/C22H23N3O2S/c1-2-3-10-24-20(19-9-6-11-28-19)22(27)25-13-17-15(12-18(25)21(24)26)14-7-4-5-8-16(14)23-17/h4-9,11,18,20,23H,2-3,10,12-13H2,1H3/t18-,20-/m0/s1. The second-order valence-corrected chi connectivity index (χ2v) is 8.60. The Morgan fingerprint density at radius 1 is 1.14 bits per heavy atom. The van der Waals surface area contributed by atoms with Gasteiger partial charge in [-0.05, 0) is 29.5 Å². The molecule has 1 aromatic carbocycles. The van der Waals surface area contributed by atoms with Crippen LogP contribution in [0.1, 0.15) is 41.9 Å². The van der Waals surface area contributed by atoms with Gasteiger partial charge in [-0.2, -0.15) is 0 Å². The molecule has 144 valence electrons. The fourth-order valence-corrected chi connectivity index (χ4v) is 5.39. The zero-order valence-electron chi connectivity index (χ0n) is 15.9. The van der Waals surface area contributed by atoms with E-state index in [1.807, 2.05) is 34.5 Å². The van der Waals surface area contributed by atoms with E-state index in [0.717, 1.165) is 34.3 Å². The van der Waals surface area contributed by atoms with E-state index >= 15 is 0 Å². The van der Waals surface area contributed by atoms with E-state index in [1.165, 1.54) is 5.56 Å². The summed E-state index contributed by atoms with van der Waals surface area (Å²) < 4.78 is 0. The number of thiophene rings is 1. The fraction of sp³-hybridized carbons (Fsp3) is 0.364. The number of rotatable bonds is 4. The number of amides is 2. The number of aromatic amines is 1. The summed E-state index contributed by atoms with van der Waals surface area (Å²) in [6.45, 7) is 3.22. The number of fused-ring (bicyclic) bond motifs is 4. The van der Waals surface area contributed by atoms with Gasteiger partial charge in [-0.3, -0.25) is 9.59 Å². The SMILES string of the molecule is CCCCN1C(=O)[C@@H]2Cc3c([nH]c4ccccc34)CN2C(=O)[C@@H]1c1cccs1. The molecule has 3 aromatic rings. The lowest BCUT2D eigenvalue weighted by Crippen LogP contribution is -2.62. The van der Waals surface area contributed by atoms with Crippen molar-refractivity contribution in [3.63, 3.8) is 0 Å². The number of benzene rings is 1. The van der Waals surface area contributed by atoms with E-state index in [1.54, 1.807) is 16.2 Å². The molecule has 2 aliphatic heterocycles. The van der Waals surface area contributed by atoms with E-state index in [4.69, 9.17) is 0 Å². The Kier molecular flexibility index (Phi) is 4.23. The highest BCUT2D eigenvalue weighted by atomic mass is 32.1. The molecule has 0 spiro atoms. The highest BCUT2D eigenvalue weighted by molar-refractivity contribution is 7.10. The zero-order valence-corrected chi connectivity index (χ0v) is 16.7. The lowest BCUT2D eigenvalue weighted by molar-refractivity contribution is -0.163. The molecular formula is C22H23N3O2S. The summed E-state index contributed by atoms with van der Waals surface area (Å²) in [6.07, 6.45) is 2.49. The number of unbranched alkanes of at least 4 members (excludes halogenated alkanes) is 1. The van der Waals surface area contributed by atoms with E-state index < -0.39 is 12.1 Å². The number of H-pyrrole nitrogens is 1. The molecule has 4 heterocycles. The average molecular weight is 394 g/mol. The lowest BCUT2D eigenvalue weighted by atomic mass is 9.91. The smallest absolute Gasteiger partial charge is 0.251 e. The largest absolute Gasteiger partial charge is 0.357 e. The molecule has 2 aromatic heterocycles. The van der Waals surface area contributed by atoms with Crippen LogP contribution < -0.4 is 0 Å². The summed E-state index contributed by atoms with van der Waals surface area (Å²) in [4.78, 5) is 35.1. The number of para-hydroxylation sites is 1. The summed E-state index contributed by atoms with van der Waals surface area (Å²) >= 11 is 1.55. The van der Waals surface area contributed by atoms with Crippen LogP contribution in [0.3, 0.4) is 0 Å². The molecule has 2 atom stereocenters. The van der Waals surface area contributed by atoms with Gasteiger partial charge in [0.1, 0.15) is 12.1 Å². The number of carbonyl (C=O) groups is 2. The first kappa shape index (κ1) is 17.5. The lowest BCUT2D eigenvalue weighted by Gasteiger charge is -2.46. The second kappa shape index (κ2) is 6.78. The Balaban J connectivity index is 1.57. The number of piperazine rings is 1. The van der Waals surface area contributed by atoms with Gasteiger partial charge in [0.2, 0.25) is 5.91 Å². The van der Waals surface area contributed by atoms with Gasteiger partial charge in [0.15, 0.2) is 0 Å². The third kappa shape index (κ3) is 2.58. The minimum absolute atomic E-state index is 0.0486. The fourth-order valence-electron chi connectivity index (χ4n) is 4.56. The van der Waals surface area contributed by atoms with Crippen molar-refractivity contribution < 1.29 is 9.59 Å². The summed E-state index contributed by atoms with van der Waals surface area (Å²) in [6, 6.07) is 11.2. The molecular weight excluding hydrogens is 370 g/mol. The van der Waals surface area contributed by atoms with Crippen LogP contribution in [0, 0.1) is 0 Å². The molecule has 5 nitrogen and oxygen atoms in total. The molecule has 0 aliphatic carbocycles. The first-order chi connectivity index (χ1) is 13.7. The second-order valence-electron chi connectivity index (χ2n) is 7.62. The van der Waals surface area contributed by atoms with E-state index in [-0.39, 0.29) is 11.8 Å². The highest BCUT2D eigenvalue weighted by Crippen LogP contribution is 2.38. The van der Waals surface area contributed by atoms with Crippen LogP contribution in [0.25, 0.3) is 10.9 Å². The van der Waals surface area contributed by atoms with Gasteiger partial charge in [0.05, 0.1) is 6.54 Å². The van der Waals surface area contributed by atoms with Crippen molar-refractivity contribution in [1.29, 1.82) is 0 Å². The van der Waals surface area contributed by atoms with Gasteiger partial charge in [-0.25, -0.2) is 0 Å². The first-order valence-corrected chi connectivity index (χ1v) is 10.8. The van der Waals surface area contributed by atoms with Gasteiger partial charge in [0, 0.05) is 34.4 Å². The number of carbonyl (C=O) groups excluding carboxylic acids is 2. The van der Waals surface area contributed by atoms with Gasteiger partial charge in [-0.1, -0.05) is 37.6 Å². The maximum Gasteiger partial charge on any atom is 0.251 e. The molecule has 1 saturated heterocycles. The number of nitrogens with one attached hydrogen (secondary N) is 1. The molecule has 2 amide bonds. The molecule has 1 fully saturated rings. The Hall–Kier alpha value is -2.60. The summed E-state index contributed by atoms with van der Waals surface area (Å²) in [5, 5.41) is 3.14. The zero-order chi connectivity index (χ0) is 19.3. The van der Waals surface area contributed by atoms with Crippen LogP contribution in [0.2, 0.25) is 0 Å². The maximum absolute atomic E-state index is 13.5. The van der Waals surface area contributed by atoms with Crippen molar-refractivity contribution in [3.8, 4) is 0 Å². The predicted molar refractivity (Wildman–Crippen MR) is 110 cm³/mol. The van der Waals surface area contributed by atoms with Gasteiger partial charge < -0.3 is 14.8 Å². The van der Waals surface area contributed by atoms with Crippen molar-refractivity contribution in [2.45, 2.75) is 44.8 Å². The molecule has 0 unspecified atom stereocenters. The molecule has 0 radical (unpaired) electrons. The summed E-state index contributed by atoms with van der Waals surface area (Å²) in [7, 11) is 0. The van der Waals surface area contributed by atoms with Gasteiger partial charge in [0.25, 0.3) is 5.91 Å². The Morgan fingerprint density at radius 3 is 2.79 bits per heavy atom. The Bertz CT molecular complexity index is 1040. The van der Waals surface area contributed by atoms with Gasteiger partial charge in [-0.15, -0.1) is 11.3 Å². The van der Waals surface area contributed by atoms with Crippen molar-refractivity contribution in [1.82, 2.24) is 14.8 Å². The maximum atomic E-state index is 13.5. The van der Waals surface area contributed by atoms with Crippen molar-refractivity contribution >= 4 is 34.1 Å². The highest BCUT2D eigenvalue weighted by Gasteiger charge is 2.48. The quantitative estimate of drug-likeness (QED) is 0.732. The Morgan fingerprint density at radius 2 is 2.00 bits per heavy atom. The molecule has 2 aliphatic rings. The van der Waals surface area contributed by atoms with E-state index in [0.29, 0.717) is 19.5 Å².